The van der Waals surface area contributed by atoms with Gasteiger partial charge < -0.3 is 15.0 Å². The Hall–Kier alpha value is -3.14. The van der Waals surface area contributed by atoms with Crippen molar-refractivity contribution in [2.45, 2.75) is 50.4 Å². The molecule has 5 heterocycles. The molecule has 2 saturated heterocycles. The molecule has 0 saturated carbocycles. The molecule has 31 heavy (non-hydrogen) atoms. The van der Waals surface area contributed by atoms with E-state index in [1.54, 1.807) is 24.4 Å². The first-order chi connectivity index (χ1) is 15.1. The molecule has 0 aromatic carbocycles. The Morgan fingerprint density at radius 3 is 2.48 bits per heavy atom. The highest BCUT2D eigenvalue weighted by Gasteiger charge is 2.35. The van der Waals surface area contributed by atoms with E-state index >= 15 is 0 Å². The van der Waals surface area contributed by atoms with E-state index in [1.165, 1.54) is 19.0 Å². The minimum atomic E-state index is -2.99. The summed E-state index contributed by atoms with van der Waals surface area (Å²) in [5.74, 6) is 0.608. The van der Waals surface area contributed by atoms with Crippen LogP contribution in [0.25, 0.3) is 22.5 Å². The first-order valence-corrected chi connectivity index (χ1v) is 10.3. The van der Waals surface area contributed by atoms with Crippen molar-refractivity contribution < 1.29 is 13.5 Å². The molecule has 162 valence electrons. The number of fused-ring (bicyclic) bond motifs is 2. The molecule has 10 heteroatoms. The average molecular weight is 427 g/mol. The second kappa shape index (κ2) is 8.18. The molecule has 2 fully saturated rings. The number of H-pyrrole nitrogens is 1. The van der Waals surface area contributed by atoms with Crippen molar-refractivity contribution in [2.24, 2.45) is 0 Å². The zero-order valence-electron chi connectivity index (χ0n) is 17.0. The van der Waals surface area contributed by atoms with Crippen LogP contribution in [-0.2, 0) is 0 Å². The second-order valence-electron chi connectivity index (χ2n) is 8.07. The molecule has 2 aliphatic rings. The minimum absolute atomic E-state index is 0.179. The summed E-state index contributed by atoms with van der Waals surface area (Å²) >= 11 is 0. The lowest BCUT2D eigenvalue weighted by Gasteiger charge is -2.36. The Bertz CT molecular complexity index is 1020. The molecule has 2 bridgehead atoms. The van der Waals surface area contributed by atoms with Crippen LogP contribution in [0.2, 0.25) is 0 Å². The number of halogens is 2. The van der Waals surface area contributed by atoms with Crippen LogP contribution < -0.4 is 15.0 Å². The number of nitrogens with zero attached hydrogens (tertiary/aromatic N) is 5. The lowest BCUT2D eigenvalue weighted by atomic mass is 9.98. The summed E-state index contributed by atoms with van der Waals surface area (Å²) in [6.07, 6.45) is 7.79. The SMILES string of the molecule is CN(c1ccc(-c2ccc(-c3cn[nH]c3)c(OC(F)F)n2)nn1)[C@@H]1C[C@H]2CC[C@@H](C1)N2. The highest BCUT2D eigenvalue weighted by molar-refractivity contribution is 5.70. The van der Waals surface area contributed by atoms with E-state index in [2.05, 4.69) is 40.3 Å². The van der Waals surface area contributed by atoms with Crippen LogP contribution in [0, 0.1) is 0 Å². The molecule has 0 unspecified atom stereocenters. The Morgan fingerprint density at radius 2 is 1.84 bits per heavy atom. The molecule has 3 aromatic heterocycles. The van der Waals surface area contributed by atoms with Gasteiger partial charge in [0.1, 0.15) is 5.69 Å². The smallest absolute Gasteiger partial charge is 0.388 e. The number of hydrogen-bond donors (Lipinski definition) is 2. The molecule has 0 amide bonds. The summed E-state index contributed by atoms with van der Waals surface area (Å²) in [6.45, 7) is -2.99. The van der Waals surface area contributed by atoms with E-state index < -0.39 is 6.61 Å². The number of ether oxygens (including phenoxy) is 1. The maximum Gasteiger partial charge on any atom is 0.388 e. The molecule has 0 aliphatic carbocycles. The van der Waals surface area contributed by atoms with Crippen molar-refractivity contribution in [1.82, 2.24) is 30.7 Å². The number of anilines is 1. The zero-order valence-corrected chi connectivity index (χ0v) is 17.0. The van der Waals surface area contributed by atoms with E-state index in [-0.39, 0.29) is 5.88 Å². The van der Waals surface area contributed by atoms with Crippen molar-refractivity contribution in [3.63, 3.8) is 0 Å². The normalized spacial score (nSPS) is 22.6. The van der Waals surface area contributed by atoms with Gasteiger partial charge in [0.15, 0.2) is 5.82 Å². The maximum absolute atomic E-state index is 12.9. The molecule has 2 aliphatic heterocycles. The van der Waals surface area contributed by atoms with Gasteiger partial charge in [-0.05, 0) is 49.9 Å². The van der Waals surface area contributed by atoms with Gasteiger partial charge in [-0.3, -0.25) is 5.10 Å². The number of rotatable bonds is 6. The summed E-state index contributed by atoms with van der Waals surface area (Å²) in [5, 5.41) is 18.8. The molecule has 5 rings (SSSR count). The van der Waals surface area contributed by atoms with Gasteiger partial charge in [0.25, 0.3) is 0 Å². The van der Waals surface area contributed by atoms with Gasteiger partial charge in [-0.25, -0.2) is 4.98 Å². The molecule has 3 atom stereocenters. The van der Waals surface area contributed by atoms with Crippen molar-refractivity contribution in [3.05, 3.63) is 36.7 Å². The molecular weight excluding hydrogens is 404 g/mol. The van der Waals surface area contributed by atoms with Crippen molar-refractivity contribution >= 4 is 5.82 Å². The van der Waals surface area contributed by atoms with Gasteiger partial charge in [0.05, 0.1) is 11.9 Å². The quantitative estimate of drug-likeness (QED) is 0.624. The van der Waals surface area contributed by atoms with E-state index in [4.69, 9.17) is 0 Å². The molecule has 0 radical (unpaired) electrons. The topological polar surface area (TPSA) is 91.9 Å². The highest BCUT2D eigenvalue weighted by Crippen LogP contribution is 2.33. The van der Waals surface area contributed by atoms with Gasteiger partial charge in [0.2, 0.25) is 5.88 Å². The number of aromatic nitrogens is 5. The van der Waals surface area contributed by atoms with Gasteiger partial charge in [-0.15, -0.1) is 10.2 Å². The fourth-order valence-corrected chi connectivity index (χ4v) is 4.56. The van der Waals surface area contributed by atoms with Gasteiger partial charge in [0, 0.05) is 42.5 Å². The first kappa shape index (κ1) is 19.8. The number of aromatic amines is 1. The van der Waals surface area contributed by atoms with Crippen LogP contribution in [0.1, 0.15) is 25.7 Å². The van der Waals surface area contributed by atoms with E-state index in [0.717, 1.165) is 18.7 Å². The average Bonchev–Trinajstić information content (AvgIpc) is 3.42. The largest absolute Gasteiger partial charge is 0.416 e. The third kappa shape index (κ3) is 4.07. The summed E-state index contributed by atoms with van der Waals surface area (Å²) in [4.78, 5) is 6.45. The lowest BCUT2D eigenvalue weighted by molar-refractivity contribution is -0.0523. The third-order valence-corrected chi connectivity index (χ3v) is 6.14. The maximum atomic E-state index is 12.9. The fourth-order valence-electron chi connectivity index (χ4n) is 4.56. The van der Waals surface area contributed by atoms with Crippen LogP contribution in [0.15, 0.2) is 36.7 Å². The Kier molecular flexibility index (Phi) is 5.23. The van der Waals surface area contributed by atoms with E-state index in [1.807, 2.05) is 13.1 Å². The highest BCUT2D eigenvalue weighted by atomic mass is 19.3. The summed E-state index contributed by atoms with van der Waals surface area (Å²) in [6, 6.07) is 8.67. The Labute approximate surface area is 178 Å². The lowest BCUT2D eigenvalue weighted by Crippen LogP contribution is -2.47. The van der Waals surface area contributed by atoms with Crippen LogP contribution in [0.5, 0.6) is 5.88 Å². The second-order valence-corrected chi connectivity index (χ2v) is 8.07. The standard InChI is InChI=1S/C21H23F2N7O/c1-30(15-8-13-2-3-14(9-15)26-13)19-7-6-18(28-29-19)17-5-4-16(12-10-24-25-11-12)20(27-17)31-21(22)23/h4-7,10-11,13-15,21,26H,2-3,8-9H2,1H3,(H,24,25)/t13-,14+,15-. The predicted octanol–water partition coefficient (Wildman–Crippen LogP) is 3.25. The molecule has 8 nitrogen and oxygen atoms in total. The third-order valence-electron chi connectivity index (χ3n) is 6.14. The Morgan fingerprint density at radius 1 is 1.06 bits per heavy atom. The number of pyridine rings is 1. The summed E-state index contributed by atoms with van der Waals surface area (Å²) in [7, 11) is 2.05. The van der Waals surface area contributed by atoms with Crippen LogP contribution in [0.3, 0.4) is 0 Å². The van der Waals surface area contributed by atoms with Crippen molar-refractivity contribution in [3.8, 4) is 28.4 Å². The molecule has 2 N–H and O–H groups in total. The number of alkyl halides is 2. The van der Waals surface area contributed by atoms with Gasteiger partial charge in [-0.2, -0.15) is 13.9 Å². The van der Waals surface area contributed by atoms with Gasteiger partial charge in [-0.1, -0.05) is 0 Å². The Balaban J connectivity index is 1.38. The monoisotopic (exact) mass is 427 g/mol. The number of piperidine rings is 1. The van der Waals surface area contributed by atoms with Crippen LogP contribution in [-0.4, -0.2) is 57.2 Å². The number of nitrogens with one attached hydrogen (secondary N) is 2. The van der Waals surface area contributed by atoms with Crippen LogP contribution in [0.4, 0.5) is 14.6 Å². The van der Waals surface area contributed by atoms with Gasteiger partial charge >= 0.3 is 6.61 Å². The minimum Gasteiger partial charge on any atom is -0.416 e. The predicted molar refractivity (Wildman–Crippen MR) is 111 cm³/mol. The van der Waals surface area contributed by atoms with Crippen molar-refractivity contribution in [2.75, 3.05) is 11.9 Å². The van der Waals surface area contributed by atoms with E-state index in [0.29, 0.717) is 40.6 Å². The zero-order chi connectivity index (χ0) is 21.4. The summed E-state index contributed by atoms with van der Waals surface area (Å²) in [5.41, 5.74) is 1.92. The summed E-state index contributed by atoms with van der Waals surface area (Å²) < 4.78 is 30.5. The molecule has 0 spiro atoms. The first-order valence-electron chi connectivity index (χ1n) is 10.3. The number of hydrogen-bond acceptors (Lipinski definition) is 7. The molecular formula is C21H23F2N7O. The van der Waals surface area contributed by atoms with Crippen molar-refractivity contribution in [1.29, 1.82) is 0 Å². The van der Waals surface area contributed by atoms with E-state index in [9.17, 15) is 8.78 Å². The fraction of sp³-hybridized carbons (Fsp3) is 0.429. The molecule has 3 aromatic rings. The van der Waals surface area contributed by atoms with Crippen LogP contribution >= 0.6 is 0 Å².